The van der Waals surface area contributed by atoms with E-state index in [9.17, 15) is 29.9 Å². The van der Waals surface area contributed by atoms with E-state index in [4.69, 9.17) is 5.73 Å². The molecule has 1 aromatic rings. The lowest BCUT2D eigenvalue weighted by molar-refractivity contribution is -0.386. The van der Waals surface area contributed by atoms with E-state index in [1.54, 1.807) is 0 Å². The van der Waals surface area contributed by atoms with Crippen LogP contribution in [-0.4, -0.2) is 40.2 Å². The maximum absolute atomic E-state index is 11.3. The number of nitro groups is 1. The van der Waals surface area contributed by atoms with E-state index < -0.39 is 34.7 Å². The predicted molar refractivity (Wildman–Crippen MR) is 64.6 cm³/mol. The average Bonchev–Trinajstić information content (AvgIpc) is 2.43. The number of ether oxygens (including phenoxy) is 1. The van der Waals surface area contributed by atoms with Crippen molar-refractivity contribution in [2.75, 3.05) is 7.11 Å². The molecule has 9 nitrogen and oxygen atoms in total. The van der Waals surface area contributed by atoms with Crippen LogP contribution in [-0.2, 0) is 9.53 Å². The van der Waals surface area contributed by atoms with Crippen molar-refractivity contribution in [1.29, 1.82) is 0 Å². The number of carbonyl (C=O) groups is 2. The fourth-order valence-electron chi connectivity index (χ4n) is 1.52. The van der Waals surface area contributed by atoms with E-state index in [1.165, 1.54) is 0 Å². The summed E-state index contributed by atoms with van der Waals surface area (Å²) in [4.78, 5) is 32.1. The predicted octanol–water partition coefficient (Wildman–Crippen LogP) is -0.739. The molecule has 0 aliphatic carbocycles. The topological polar surface area (TPSA) is 153 Å². The number of rotatable bonds is 5. The number of primary amides is 1. The Bertz CT molecular complexity index is 558. The minimum Gasteiger partial charge on any atom is -0.465 e. The standard InChI is InChI=1S/C11H12N2O7/c1-20-11(17)5-2-3-6(7(4-5)13(18)19)8(14)9(15)10(12)16/h2-4,8-9,14-15H,1H3,(H2,12,16). The van der Waals surface area contributed by atoms with Gasteiger partial charge in [0, 0.05) is 6.07 Å². The third-order valence-electron chi connectivity index (χ3n) is 2.56. The van der Waals surface area contributed by atoms with Crippen LogP contribution in [0.1, 0.15) is 22.0 Å². The number of benzene rings is 1. The second kappa shape index (κ2) is 6.08. The lowest BCUT2D eigenvalue weighted by Gasteiger charge is -2.15. The fraction of sp³-hybridized carbons (Fsp3) is 0.273. The largest absolute Gasteiger partial charge is 0.465 e. The van der Waals surface area contributed by atoms with Crippen molar-refractivity contribution in [3.63, 3.8) is 0 Å². The number of methoxy groups -OCH3 is 1. The summed E-state index contributed by atoms with van der Waals surface area (Å²) in [7, 11) is 1.10. The van der Waals surface area contributed by atoms with E-state index in [0.717, 1.165) is 25.3 Å². The summed E-state index contributed by atoms with van der Waals surface area (Å²) in [5.41, 5.74) is 3.72. The number of aliphatic hydroxyl groups excluding tert-OH is 2. The molecular weight excluding hydrogens is 272 g/mol. The number of hydrogen-bond donors (Lipinski definition) is 3. The van der Waals surface area contributed by atoms with Crippen molar-refractivity contribution < 1.29 is 29.5 Å². The van der Waals surface area contributed by atoms with Crippen LogP contribution in [0.5, 0.6) is 0 Å². The molecule has 1 aromatic carbocycles. The zero-order valence-corrected chi connectivity index (χ0v) is 10.3. The molecule has 1 amide bonds. The van der Waals surface area contributed by atoms with Gasteiger partial charge in [-0.2, -0.15) is 0 Å². The lowest BCUT2D eigenvalue weighted by atomic mass is 10.00. The van der Waals surface area contributed by atoms with Crippen LogP contribution >= 0.6 is 0 Å². The zero-order valence-electron chi connectivity index (χ0n) is 10.3. The van der Waals surface area contributed by atoms with Gasteiger partial charge in [-0.15, -0.1) is 0 Å². The van der Waals surface area contributed by atoms with Gasteiger partial charge in [0.05, 0.1) is 23.2 Å². The molecule has 0 aliphatic heterocycles. The van der Waals surface area contributed by atoms with E-state index in [-0.39, 0.29) is 11.1 Å². The third-order valence-corrected chi connectivity index (χ3v) is 2.56. The van der Waals surface area contributed by atoms with Crippen LogP contribution in [0.25, 0.3) is 0 Å². The Kier molecular flexibility index (Phi) is 4.73. The van der Waals surface area contributed by atoms with Gasteiger partial charge in [0.2, 0.25) is 5.91 Å². The first-order valence-electron chi connectivity index (χ1n) is 5.31. The molecule has 0 radical (unpaired) electrons. The molecule has 0 spiro atoms. The summed E-state index contributed by atoms with van der Waals surface area (Å²) in [5, 5.41) is 30.0. The van der Waals surface area contributed by atoms with Crippen LogP contribution < -0.4 is 5.73 Å². The van der Waals surface area contributed by atoms with Gasteiger partial charge in [0.25, 0.3) is 5.69 Å². The first-order chi connectivity index (χ1) is 9.29. The van der Waals surface area contributed by atoms with E-state index in [0.29, 0.717) is 0 Å². The minimum atomic E-state index is -2.00. The maximum Gasteiger partial charge on any atom is 0.338 e. The van der Waals surface area contributed by atoms with Gasteiger partial charge in [-0.05, 0) is 12.1 Å². The molecule has 0 aromatic heterocycles. The first-order valence-corrected chi connectivity index (χ1v) is 5.31. The zero-order chi connectivity index (χ0) is 15.4. The summed E-state index contributed by atoms with van der Waals surface area (Å²) in [5.74, 6) is -2.03. The highest BCUT2D eigenvalue weighted by molar-refractivity contribution is 5.90. The molecule has 9 heteroatoms. The number of nitrogens with zero attached hydrogens (tertiary/aromatic N) is 1. The van der Waals surface area contributed by atoms with Crippen molar-refractivity contribution in [3.05, 3.63) is 39.4 Å². The molecule has 2 unspecified atom stereocenters. The number of nitrogens with two attached hydrogens (primary N) is 1. The third kappa shape index (κ3) is 3.08. The first kappa shape index (κ1) is 15.5. The Morgan fingerprint density at radius 2 is 2.00 bits per heavy atom. The fourth-order valence-corrected chi connectivity index (χ4v) is 1.52. The summed E-state index contributed by atoms with van der Waals surface area (Å²) in [6.45, 7) is 0. The summed E-state index contributed by atoms with van der Waals surface area (Å²) in [6, 6.07) is 3.07. The summed E-state index contributed by atoms with van der Waals surface area (Å²) >= 11 is 0. The second-order valence-corrected chi connectivity index (χ2v) is 3.81. The Morgan fingerprint density at radius 3 is 2.45 bits per heavy atom. The Labute approximate surface area is 112 Å². The van der Waals surface area contributed by atoms with Crippen molar-refractivity contribution in [2.24, 2.45) is 5.73 Å². The monoisotopic (exact) mass is 284 g/mol. The molecule has 0 saturated carbocycles. The molecule has 1 rings (SSSR count). The van der Waals surface area contributed by atoms with E-state index in [2.05, 4.69) is 4.74 Å². The molecule has 20 heavy (non-hydrogen) atoms. The average molecular weight is 284 g/mol. The molecule has 0 saturated heterocycles. The highest BCUT2D eigenvalue weighted by Gasteiger charge is 2.30. The molecule has 0 fully saturated rings. The molecule has 4 N–H and O–H groups in total. The number of esters is 1. The molecule has 0 aliphatic rings. The van der Waals surface area contributed by atoms with Crippen LogP contribution in [0.3, 0.4) is 0 Å². The second-order valence-electron chi connectivity index (χ2n) is 3.81. The summed E-state index contributed by atoms with van der Waals surface area (Å²) < 4.78 is 4.41. The molecule has 108 valence electrons. The van der Waals surface area contributed by atoms with Crippen molar-refractivity contribution in [1.82, 2.24) is 0 Å². The number of carbonyl (C=O) groups excluding carboxylic acids is 2. The van der Waals surface area contributed by atoms with Gasteiger partial charge >= 0.3 is 5.97 Å². The number of nitro benzene ring substituents is 1. The van der Waals surface area contributed by atoms with Gasteiger partial charge in [-0.1, -0.05) is 0 Å². The van der Waals surface area contributed by atoms with Gasteiger partial charge in [-0.25, -0.2) is 4.79 Å². The smallest absolute Gasteiger partial charge is 0.338 e. The Balaban J connectivity index is 3.30. The summed E-state index contributed by atoms with van der Waals surface area (Å²) in [6.07, 6.45) is -3.88. The van der Waals surface area contributed by atoms with Gasteiger partial charge in [0.1, 0.15) is 6.10 Å². The van der Waals surface area contributed by atoms with Gasteiger partial charge < -0.3 is 20.7 Å². The van der Waals surface area contributed by atoms with Gasteiger partial charge in [-0.3, -0.25) is 14.9 Å². The van der Waals surface area contributed by atoms with Crippen LogP contribution in [0.2, 0.25) is 0 Å². The number of aliphatic hydroxyl groups is 2. The van der Waals surface area contributed by atoms with Crippen LogP contribution in [0.15, 0.2) is 18.2 Å². The van der Waals surface area contributed by atoms with Crippen LogP contribution in [0.4, 0.5) is 5.69 Å². The molecule has 0 bridgehead atoms. The highest BCUT2D eigenvalue weighted by Crippen LogP contribution is 2.28. The van der Waals surface area contributed by atoms with Crippen molar-refractivity contribution in [3.8, 4) is 0 Å². The van der Waals surface area contributed by atoms with Crippen LogP contribution in [0, 0.1) is 10.1 Å². The van der Waals surface area contributed by atoms with Gasteiger partial charge in [0.15, 0.2) is 6.10 Å². The highest BCUT2D eigenvalue weighted by atomic mass is 16.6. The number of hydrogen-bond acceptors (Lipinski definition) is 7. The quantitative estimate of drug-likeness (QED) is 0.365. The lowest BCUT2D eigenvalue weighted by Crippen LogP contribution is -2.34. The number of amides is 1. The Hall–Kier alpha value is -2.52. The van der Waals surface area contributed by atoms with E-state index >= 15 is 0 Å². The maximum atomic E-state index is 11.3. The van der Waals surface area contributed by atoms with E-state index in [1.807, 2.05) is 0 Å². The minimum absolute atomic E-state index is 0.108. The molecular formula is C11H12N2O7. The molecule has 0 heterocycles. The van der Waals surface area contributed by atoms with Crippen molar-refractivity contribution >= 4 is 17.6 Å². The normalized spacial score (nSPS) is 13.3. The Morgan fingerprint density at radius 1 is 1.40 bits per heavy atom. The SMILES string of the molecule is COC(=O)c1ccc(C(O)C(O)C(N)=O)c([N+](=O)[O-])c1. The van der Waals surface area contributed by atoms with Crippen molar-refractivity contribution in [2.45, 2.75) is 12.2 Å². The molecule has 2 atom stereocenters.